The third-order valence-corrected chi connectivity index (χ3v) is 4.70. The molecule has 0 aliphatic heterocycles. The van der Waals surface area contributed by atoms with Gasteiger partial charge in [-0.1, -0.05) is 57.0 Å². The number of esters is 1. The lowest BCUT2D eigenvalue weighted by molar-refractivity contribution is -0.150. The van der Waals surface area contributed by atoms with Gasteiger partial charge in [-0.15, -0.1) is 0 Å². The lowest BCUT2D eigenvalue weighted by Gasteiger charge is -2.29. The maximum atomic E-state index is 12.2. The lowest BCUT2D eigenvalue weighted by atomic mass is 9.86. The van der Waals surface area contributed by atoms with Crippen molar-refractivity contribution >= 4 is 11.9 Å². The average Bonchev–Trinajstić information content (AvgIpc) is 2.57. The molecule has 3 atom stereocenters. The summed E-state index contributed by atoms with van der Waals surface area (Å²) in [6.45, 7) is 3.92. The Morgan fingerprint density at radius 1 is 1.22 bits per heavy atom. The van der Waals surface area contributed by atoms with E-state index in [-0.39, 0.29) is 30.4 Å². The number of hydrogen-bond acceptors (Lipinski definition) is 3. The Labute approximate surface area is 138 Å². The van der Waals surface area contributed by atoms with E-state index >= 15 is 0 Å². The fourth-order valence-electron chi connectivity index (χ4n) is 3.24. The largest absolute Gasteiger partial charge is 0.455 e. The Balaban J connectivity index is 1.82. The van der Waals surface area contributed by atoms with Crippen molar-refractivity contribution in [3.63, 3.8) is 0 Å². The maximum Gasteiger partial charge on any atom is 0.313 e. The van der Waals surface area contributed by atoms with Crippen molar-refractivity contribution in [1.29, 1.82) is 0 Å². The normalized spacial score (nSPS) is 22.2. The molecule has 0 spiro atoms. The summed E-state index contributed by atoms with van der Waals surface area (Å²) in [5.41, 5.74) is 0.932. The van der Waals surface area contributed by atoms with Gasteiger partial charge >= 0.3 is 5.97 Å². The summed E-state index contributed by atoms with van der Waals surface area (Å²) in [5, 5.41) is 3.00. The molecule has 23 heavy (non-hydrogen) atoms. The molecule has 1 aromatic rings. The van der Waals surface area contributed by atoms with Crippen LogP contribution < -0.4 is 5.32 Å². The van der Waals surface area contributed by atoms with E-state index in [0.29, 0.717) is 12.3 Å². The standard InChI is InChI=1S/C19H27NO3/c1-3-16(15-10-5-4-6-11-15)19(22)23-13-18(21)20-17-12-8-7-9-14(17)2/h4-6,10-11,14,16-17H,3,7-9,12-13H2,1-2H3,(H,20,21). The predicted molar refractivity (Wildman–Crippen MR) is 90.0 cm³/mol. The predicted octanol–water partition coefficient (Wildman–Crippen LogP) is 3.42. The maximum absolute atomic E-state index is 12.2. The van der Waals surface area contributed by atoms with Crippen LogP contribution >= 0.6 is 0 Å². The fourth-order valence-corrected chi connectivity index (χ4v) is 3.24. The number of amides is 1. The van der Waals surface area contributed by atoms with Crippen molar-refractivity contribution in [2.24, 2.45) is 5.92 Å². The summed E-state index contributed by atoms with van der Waals surface area (Å²) in [6, 6.07) is 9.77. The van der Waals surface area contributed by atoms with Gasteiger partial charge in [0.1, 0.15) is 0 Å². The van der Waals surface area contributed by atoms with Crippen molar-refractivity contribution in [3.8, 4) is 0 Å². The lowest BCUT2D eigenvalue weighted by Crippen LogP contribution is -2.43. The van der Waals surface area contributed by atoms with Crippen LogP contribution in [0.15, 0.2) is 30.3 Å². The van der Waals surface area contributed by atoms with E-state index in [4.69, 9.17) is 4.74 Å². The zero-order valence-electron chi connectivity index (χ0n) is 14.1. The molecular weight excluding hydrogens is 290 g/mol. The van der Waals surface area contributed by atoms with E-state index in [9.17, 15) is 9.59 Å². The van der Waals surface area contributed by atoms with E-state index < -0.39 is 0 Å². The minimum Gasteiger partial charge on any atom is -0.455 e. The second-order valence-corrected chi connectivity index (χ2v) is 6.41. The Hall–Kier alpha value is -1.84. The molecule has 0 saturated heterocycles. The smallest absolute Gasteiger partial charge is 0.313 e. The first-order chi connectivity index (χ1) is 11.1. The van der Waals surface area contributed by atoms with Crippen LogP contribution in [-0.4, -0.2) is 24.5 Å². The van der Waals surface area contributed by atoms with Crippen molar-refractivity contribution in [1.82, 2.24) is 5.32 Å². The first-order valence-electron chi connectivity index (χ1n) is 8.62. The number of ether oxygens (including phenoxy) is 1. The first-order valence-corrected chi connectivity index (χ1v) is 8.62. The summed E-state index contributed by atoms with van der Waals surface area (Å²) in [5.74, 6) is -0.334. The molecule has 1 amide bonds. The second kappa shape index (κ2) is 8.70. The summed E-state index contributed by atoms with van der Waals surface area (Å²) >= 11 is 0. The Kier molecular flexibility index (Phi) is 6.63. The minimum absolute atomic E-state index is 0.189. The van der Waals surface area contributed by atoms with Crippen molar-refractivity contribution < 1.29 is 14.3 Å². The quantitative estimate of drug-likeness (QED) is 0.818. The molecule has 1 N–H and O–H groups in total. The fraction of sp³-hybridized carbons (Fsp3) is 0.579. The van der Waals surface area contributed by atoms with Crippen molar-refractivity contribution in [2.45, 2.75) is 57.9 Å². The molecule has 0 radical (unpaired) electrons. The van der Waals surface area contributed by atoms with Crippen LogP contribution in [-0.2, 0) is 14.3 Å². The van der Waals surface area contributed by atoms with Gasteiger partial charge < -0.3 is 10.1 Å². The summed E-state index contributed by atoms with van der Waals surface area (Å²) in [7, 11) is 0. The van der Waals surface area contributed by atoms with Crippen LogP contribution in [0.5, 0.6) is 0 Å². The molecule has 2 rings (SSSR count). The van der Waals surface area contributed by atoms with E-state index in [2.05, 4.69) is 12.2 Å². The number of carbonyl (C=O) groups excluding carboxylic acids is 2. The topological polar surface area (TPSA) is 55.4 Å². The summed E-state index contributed by atoms with van der Waals surface area (Å²) in [6.07, 6.45) is 5.21. The van der Waals surface area contributed by atoms with Crippen LogP contribution in [0, 0.1) is 5.92 Å². The molecule has 1 aromatic carbocycles. The van der Waals surface area contributed by atoms with Crippen molar-refractivity contribution in [2.75, 3.05) is 6.61 Å². The van der Waals surface area contributed by atoms with Gasteiger partial charge in [-0.05, 0) is 30.7 Å². The molecule has 3 unspecified atom stereocenters. The van der Waals surface area contributed by atoms with E-state index in [1.165, 1.54) is 6.42 Å². The van der Waals surface area contributed by atoms with Crippen LogP contribution in [0.2, 0.25) is 0 Å². The molecule has 1 aliphatic rings. The van der Waals surface area contributed by atoms with Crippen molar-refractivity contribution in [3.05, 3.63) is 35.9 Å². The number of nitrogens with one attached hydrogen (secondary N) is 1. The zero-order chi connectivity index (χ0) is 16.7. The SMILES string of the molecule is CCC(C(=O)OCC(=O)NC1CCCCC1C)c1ccccc1. The van der Waals surface area contributed by atoms with Crippen LogP contribution in [0.4, 0.5) is 0 Å². The van der Waals surface area contributed by atoms with Gasteiger partial charge in [-0.25, -0.2) is 0 Å². The Morgan fingerprint density at radius 3 is 2.57 bits per heavy atom. The average molecular weight is 317 g/mol. The molecule has 4 heteroatoms. The van der Waals surface area contributed by atoms with Gasteiger partial charge in [0.05, 0.1) is 5.92 Å². The third-order valence-electron chi connectivity index (χ3n) is 4.70. The first kappa shape index (κ1) is 17.5. The molecule has 126 valence electrons. The molecule has 4 nitrogen and oxygen atoms in total. The number of rotatable bonds is 6. The highest BCUT2D eigenvalue weighted by Gasteiger charge is 2.24. The number of hydrogen-bond donors (Lipinski definition) is 1. The highest BCUT2D eigenvalue weighted by molar-refractivity contribution is 5.83. The third kappa shape index (κ3) is 5.08. The van der Waals surface area contributed by atoms with E-state index in [1.54, 1.807) is 0 Å². The van der Waals surface area contributed by atoms with Gasteiger partial charge in [0.2, 0.25) is 0 Å². The molecule has 1 saturated carbocycles. The Morgan fingerprint density at radius 2 is 1.91 bits per heavy atom. The highest BCUT2D eigenvalue weighted by Crippen LogP contribution is 2.24. The molecular formula is C19H27NO3. The van der Waals surface area contributed by atoms with Crippen LogP contribution in [0.1, 0.15) is 57.4 Å². The molecule has 0 aromatic heterocycles. The van der Waals surface area contributed by atoms with Gasteiger partial charge in [0, 0.05) is 6.04 Å². The monoisotopic (exact) mass is 317 g/mol. The van der Waals surface area contributed by atoms with Crippen LogP contribution in [0.3, 0.4) is 0 Å². The summed E-state index contributed by atoms with van der Waals surface area (Å²) in [4.78, 5) is 24.3. The van der Waals surface area contributed by atoms with Gasteiger partial charge in [0.25, 0.3) is 5.91 Å². The van der Waals surface area contributed by atoms with E-state index in [1.807, 2.05) is 37.3 Å². The molecule has 1 aliphatic carbocycles. The van der Waals surface area contributed by atoms with Gasteiger partial charge in [-0.2, -0.15) is 0 Å². The Bertz CT molecular complexity index is 515. The minimum atomic E-state index is -0.328. The van der Waals surface area contributed by atoms with Crippen LogP contribution in [0.25, 0.3) is 0 Å². The highest BCUT2D eigenvalue weighted by atomic mass is 16.5. The molecule has 1 fully saturated rings. The number of carbonyl (C=O) groups is 2. The van der Waals surface area contributed by atoms with E-state index in [0.717, 1.165) is 24.8 Å². The van der Waals surface area contributed by atoms with Gasteiger partial charge in [0.15, 0.2) is 6.61 Å². The summed E-state index contributed by atoms with van der Waals surface area (Å²) < 4.78 is 5.24. The molecule has 0 bridgehead atoms. The molecule has 0 heterocycles. The zero-order valence-corrected chi connectivity index (χ0v) is 14.1. The second-order valence-electron chi connectivity index (χ2n) is 6.41. The van der Waals surface area contributed by atoms with Gasteiger partial charge in [-0.3, -0.25) is 9.59 Å². The number of benzene rings is 1.